The molecule has 104 valence electrons. The minimum absolute atomic E-state index is 0.590. The van der Waals surface area contributed by atoms with Gasteiger partial charge in [0.1, 0.15) is 17.8 Å². The molecule has 5 heteroatoms. The van der Waals surface area contributed by atoms with Crippen LogP contribution in [0.3, 0.4) is 0 Å². The van der Waals surface area contributed by atoms with E-state index < -0.39 is 0 Å². The van der Waals surface area contributed by atoms with Gasteiger partial charge < -0.3 is 10.3 Å². The lowest BCUT2D eigenvalue weighted by molar-refractivity contribution is 0.605. The molecule has 0 saturated heterocycles. The van der Waals surface area contributed by atoms with Gasteiger partial charge in [-0.15, -0.1) is 0 Å². The minimum Gasteiger partial charge on any atom is -0.383 e. The summed E-state index contributed by atoms with van der Waals surface area (Å²) >= 11 is 1.92. The fourth-order valence-electron chi connectivity index (χ4n) is 2.46. The lowest BCUT2D eigenvalue weighted by Crippen LogP contribution is -2.02. The van der Waals surface area contributed by atoms with Gasteiger partial charge in [0.15, 0.2) is 0 Å². The third-order valence-electron chi connectivity index (χ3n) is 3.67. The Hall–Kier alpha value is -1.23. The Labute approximate surface area is 118 Å². The lowest BCUT2D eigenvalue weighted by Gasteiger charge is -2.07. The largest absolute Gasteiger partial charge is 0.383 e. The molecule has 2 rings (SSSR count). The number of nitrogen functional groups attached to an aromatic ring is 1. The number of rotatable bonds is 6. The van der Waals surface area contributed by atoms with E-state index in [2.05, 4.69) is 34.6 Å². The van der Waals surface area contributed by atoms with Crippen LogP contribution < -0.4 is 5.73 Å². The third kappa shape index (κ3) is 2.86. The Morgan fingerprint density at radius 2 is 2.00 bits per heavy atom. The van der Waals surface area contributed by atoms with E-state index in [9.17, 15) is 0 Å². The van der Waals surface area contributed by atoms with Crippen molar-refractivity contribution in [3.63, 3.8) is 0 Å². The van der Waals surface area contributed by atoms with Crippen LogP contribution in [0.5, 0.6) is 0 Å². The fourth-order valence-corrected chi connectivity index (χ4v) is 2.96. The first-order valence-corrected chi connectivity index (χ1v) is 8.11. The van der Waals surface area contributed by atoms with E-state index in [0.717, 1.165) is 17.6 Å². The standard InChI is InChI=1S/C14H22N4S/c1-10-11(2)18(7-5-4-6-8-19-3)14-12(10)13(15)16-9-17-14/h9H,4-8H2,1-3H3,(H2,15,16,17). The second-order valence-corrected chi connectivity index (χ2v) is 5.86. The minimum atomic E-state index is 0.590. The first-order chi connectivity index (χ1) is 9.16. The van der Waals surface area contributed by atoms with Crippen molar-refractivity contribution in [3.8, 4) is 0 Å². The first kappa shape index (κ1) is 14.2. The van der Waals surface area contributed by atoms with E-state index in [1.54, 1.807) is 6.33 Å². The molecule has 0 aliphatic carbocycles. The molecule has 2 aromatic heterocycles. The SMILES string of the molecule is CSCCCCCn1c(C)c(C)c2c(N)ncnc21. The van der Waals surface area contributed by atoms with Crippen LogP contribution in [-0.4, -0.2) is 26.5 Å². The summed E-state index contributed by atoms with van der Waals surface area (Å²) in [6.45, 7) is 5.25. The van der Waals surface area contributed by atoms with Crippen LogP contribution in [0, 0.1) is 13.8 Å². The summed E-state index contributed by atoms with van der Waals surface area (Å²) < 4.78 is 2.28. The summed E-state index contributed by atoms with van der Waals surface area (Å²) in [5, 5.41) is 1.02. The molecule has 0 aromatic carbocycles. The van der Waals surface area contributed by atoms with E-state index in [0.29, 0.717) is 5.82 Å². The molecule has 0 atom stereocenters. The summed E-state index contributed by atoms with van der Waals surface area (Å²) in [6.07, 6.45) is 7.46. The number of thioether (sulfide) groups is 1. The number of hydrogen-bond donors (Lipinski definition) is 1. The van der Waals surface area contributed by atoms with Gasteiger partial charge in [-0.05, 0) is 44.3 Å². The smallest absolute Gasteiger partial charge is 0.145 e. The summed E-state index contributed by atoms with van der Waals surface area (Å²) in [5.41, 5.74) is 9.41. The Morgan fingerprint density at radius 3 is 2.74 bits per heavy atom. The van der Waals surface area contributed by atoms with Crippen LogP contribution in [0.2, 0.25) is 0 Å². The summed E-state index contributed by atoms with van der Waals surface area (Å²) in [4.78, 5) is 8.50. The Bertz CT molecular complexity index is 562. The molecular formula is C14H22N4S. The van der Waals surface area contributed by atoms with Gasteiger partial charge in [0, 0.05) is 12.2 Å². The lowest BCUT2D eigenvalue weighted by atomic mass is 10.2. The van der Waals surface area contributed by atoms with E-state index in [4.69, 9.17) is 5.73 Å². The molecule has 0 bridgehead atoms. The predicted molar refractivity (Wildman–Crippen MR) is 83.6 cm³/mol. The number of anilines is 1. The zero-order chi connectivity index (χ0) is 13.8. The maximum Gasteiger partial charge on any atom is 0.145 e. The van der Waals surface area contributed by atoms with Crippen molar-refractivity contribution in [2.75, 3.05) is 17.7 Å². The maximum absolute atomic E-state index is 5.97. The number of unbranched alkanes of at least 4 members (excludes halogenated alkanes) is 2. The van der Waals surface area contributed by atoms with Gasteiger partial charge in [0.2, 0.25) is 0 Å². The zero-order valence-corrected chi connectivity index (χ0v) is 12.8. The molecule has 2 heterocycles. The van der Waals surface area contributed by atoms with Crippen molar-refractivity contribution in [2.45, 2.75) is 39.7 Å². The van der Waals surface area contributed by atoms with E-state index >= 15 is 0 Å². The van der Waals surface area contributed by atoms with Gasteiger partial charge in [-0.2, -0.15) is 11.8 Å². The van der Waals surface area contributed by atoms with Crippen LogP contribution in [0.15, 0.2) is 6.33 Å². The van der Waals surface area contributed by atoms with Gasteiger partial charge in [-0.3, -0.25) is 0 Å². The van der Waals surface area contributed by atoms with E-state index in [-0.39, 0.29) is 0 Å². The van der Waals surface area contributed by atoms with Crippen LogP contribution in [0.1, 0.15) is 30.5 Å². The topological polar surface area (TPSA) is 56.7 Å². The van der Waals surface area contributed by atoms with Crippen molar-refractivity contribution in [3.05, 3.63) is 17.6 Å². The summed E-state index contributed by atoms with van der Waals surface area (Å²) in [5.74, 6) is 1.84. The highest BCUT2D eigenvalue weighted by molar-refractivity contribution is 7.98. The Morgan fingerprint density at radius 1 is 1.21 bits per heavy atom. The second kappa shape index (κ2) is 6.28. The van der Waals surface area contributed by atoms with Gasteiger partial charge in [-0.1, -0.05) is 6.42 Å². The number of aryl methyl sites for hydroxylation is 2. The average molecular weight is 278 g/mol. The monoisotopic (exact) mass is 278 g/mol. The molecular weight excluding hydrogens is 256 g/mol. The molecule has 0 radical (unpaired) electrons. The molecule has 19 heavy (non-hydrogen) atoms. The maximum atomic E-state index is 5.97. The number of nitrogens with zero attached hydrogens (tertiary/aromatic N) is 3. The molecule has 0 amide bonds. The Balaban J connectivity index is 2.19. The molecule has 0 aliphatic heterocycles. The highest BCUT2D eigenvalue weighted by atomic mass is 32.2. The number of aromatic nitrogens is 3. The molecule has 0 saturated carbocycles. The van der Waals surface area contributed by atoms with Gasteiger partial charge in [0.25, 0.3) is 0 Å². The fraction of sp³-hybridized carbons (Fsp3) is 0.571. The van der Waals surface area contributed by atoms with E-state index in [1.165, 1.54) is 36.3 Å². The van der Waals surface area contributed by atoms with Crippen LogP contribution in [0.4, 0.5) is 5.82 Å². The van der Waals surface area contributed by atoms with Crippen LogP contribution >= 0.6 is 11.8 Å². The summed E-state index contributed by atoms with van der Waals surface area (Å²) in [6, 6.07) is 0. The number of hydrogen-bond acceptors (Lipinski definition) is 4. The molecule has 0 fully saturated rings. The van der Waals surface area contributed by atoms with Gasteiger partial charge >= 0.3 is 0 Å². The predicted octanol–water partition coefficient (Wildman–Crippen LogP) is 3.16. The summed E-state index contributed by atoms with van der Waals surface area (Å²) in [7, 11) is 0. The van der Waals surface area contributed by atoms with Crippen LogP contribution in [-0.2, 0) is 6.54 Å². The quantitative estimate of drug-likeness (QED) is 0.825. The molecule has 2 aromatic rings. The first-order valence-electron chi connectivity index (χ1n) is 6.71. The average Bonchev–Trinajstić information content (AvgIpc) is 2.64. The normalized spacial score (nSPS) is 11.3. The molecule has 4 nitrogen and oxygen atoms in total. The van der Waals surface area contributed by atoms with Crippen molar-refractivity contribution < 1.29 is 0 Å². The zero-order valence-electron chi connectivity index (χ0n) is 11.9. The second-order valence-electron chi connectivity index (χ2n) is 4.87. The van der Waals surface area contributed by atoms with Crippen molar-refractivity contribution >= 4 is 28.6 Å². The highest BCUT2D eigenvalue weighted by Crippen LogP contribution is 2.27. The van der Waals surface area contributed by atoms with Gasteiger partial charge in [0.05, 0.1) is 5.39 Å². The van der Waals surface area contributed by atoms with Crippen molar-refractivity contribution in [1.82, 2.24) is 14.5 Å². The molecule has 0 aliphatic rings. The molecule has 0 unspecified atom stereocenters. The molecule has 2 N–H and O–H groups in total. The number of fused-ring (bicyclic) bond motifs is 1. The highest BCUT2D eigenvalue weighted by Gasteiger charge is 2.14. The van der Waals surface area contributed by atoms with Crippen LogP contribution in [0.25, 0.3) is 11.0 Å². The van der Waals surface area contributed by atoms with Crippen molar-refractivity contribution in [1.29, 1.82) is 0 Å². The van der Waals surface area contributed by atoms with Gasteiger partial charge in [-0.25, -0.2) is 9.97 Å². The Kier molecular flexibility index (Phi) is 4.69. The molecule has 0 spiro atoms. The third-order valence-corrected chi connectivity index (χ3v) is 4.36. The van der Waals surface area contributed by atoms with Crippen molar-refractivity contribution in [2.24, 2.45) is 0 Å². The van der Waals surface area contributed by atoms with E-state index in [1.807, 2.05) is 11.8 Å². The number of nitrogens with two attached hydrogens (primary N) is 1.